The Labute approximate surface area is 295 Å². The molecule has 0 atom stereocenters. The van der Waals surface area contributed by atoms with Crippen LogP contribution in [0.2, 0.25) is 0 Å². The van der Waals surface area contributed by atoms with E-state index in [0.29, 0.717) is 11.5 Å². The van der Waals surface area contributed by atoms with Crippen LogP contribution in [-0.2, 0) is 0 Å². The highest BCUT2D eigenvalue weighted by atomic mass is 15.5. The summed E-state index contributed by atoms with van der Waals surface area (Å²) < 4.78 is 8.75. The van der Waals surface area contributed by atoms with Crippen molar-refractivity contribution in [2.45, 2.75) is 0 Å². The highest BCUT2D eigenvalue weighted by molar-refractivity contribution is 6.14. The first-order valence-electron chi connectivity index (χ1n) is 17.3. The van der Waals surface area contributed by atoms with Crippen molar-refractivity contribution in [2.24, 2.45) is 0 Å². The molecular weight excluding hydrogens is 641 g/mol. The van der Waals surface area contributed by atoms with Crippen molar-refractivity contribution in [3.63, 3.8) is 0 Å². The minimum atomic E-state index is 0.593. The summed E-state index contributed by atoms with van der Waals surface area (Å²) in [5, 5.41) is 20.1. The number of para-hydroxylation sites is 6. The van der Waals surface area contributed by atoms with E-state index >= 15 is 0 Å². The summed E-state index contributed by atoms with van der Waals surface area (Å²) in [6.45, 7) is 0. The lowest BCUT2D eigenvalue weighted by Crippen LogP contribution is -2.04. The van der Waals surface area contributed by atoms with Crippen LogP contribution in [0.5, 0.6) is 0 Å². The highest BCUT2D eigenvalue weighted by Gasteiger charge is 2.22. The third kappa shape index (κ3) is 3.59. The average molecular weight is 667 g/mol. The molecule has 52 heavy (non-hydrogen) atoms. The van der Waals surface area contributed by atoms with Crippen LogP contribution in [0.25, 0.3) is 99.3 Å². The Morgan fingerprint density at radius 1 is 0.365 bits per heavy atom. The maximum Gasteiger partial charge on any atom is 0.223 e. The Morgan fingerprint density at radius 2 is 0.788 bits per heavy atom. The van der Waals surface area contributed by atoms with Crippen LogP contribution in [-0.4, -0.2) is 38.7 Å². The van der Waals surface area contributed by atoms with Crippen LogP contribution < -0.4 is 0 Å². The smallest absolute Gasteiger partial charge is 0.223 e. The van der Waals surface area contributed by atoms with Gasteiger partial charge in [-0.3, -0.25) is 4.57 Å². The number of hydrogen-bond donors (Lipinski definition) is 0. The predicted octanol–water partition coefficient (Wildman–Crippen LogP) is 9.96. The summed E-state index contributed by atoms with van der Waals surface area (Å²) >= 11 is 0. The first kappa shape index (κ1) is 27.5. The maximum absolute atomic E-state index is 5.22. The van der Waals surface area contributed by atoms with Gasteiger partial charge in [-0.05, 0) is 83.2 Å². The van der Waals surface area contributed by atoms with Gasteiger partial charge in [0.2, 0.25) is 5.65 Å². The van der Waals surface area contributed by atoms with Gasteiger partial charge in [-0.15, -0.1) is 5.10 Å². The first-order valence-corrected chi connectivity index (χ1v) is 17.3. The van der Waals surface area contributed by atoms with Crippen LogP contribution in [0.1, 0.15) is 0 Å². The molecule has 0 N–H and O–H groups in total. The van der Waals surface area contributed by atoms with E-state index in [0.717, 1.165) is 44.2 Å². The second kappa shape index (κ2) is 10.1. The van der Waals surface area contributed by atoms with Crippen molar-refractivity contribution in [1.29, 1.82) is 0 Å². The van der Waals surface area contributed by atoms with Gasteiger partial charge in [-0.2, -0.15) is 4.52 Å². The zero-order valence-electron chi connectivity index (χ0n) is 27.6. The summed E-state index contributed by atoms with van der Waals surface area (Å²) in [6, 6.07) is 56.1. The Morgan fingerprint density at radius 3 is 1.29 bits per heavy atom. The molecule has 0 fully saturated rings. The van der Waals surface area contributed by atoms with Crippen LogP contribution in [0.4, 0.5) is 0 Å². The molecule has 0 spiro atoms. The molecule has 12 aromatic rings. The largest absolute Gasteiger partial charge is 0.309 e. The number of rotatable bonds is 3. The Bertz CT molecular complexity index is 3150. The van der Waals surface area contributed by atoms with Gasteiger partial charge in [0, 0.05) is 43.7 Å². The first-order chi connectivity index (χ1) is 25.8. The second-order valence-electron chi connectivity index (χ2n) is 13.3. The minimum Gasteiger partial charge on any atom is -0.309 e. The molecule has 0 aliphatic heterocycles. The van der Waals surface area contributed by atoms with Crippen molar-refractivity contribution in [3.05, 3.63) is 158 Å². The van der Waals surface area contributed by atoms with E-state index in [4.69, 9.17) is 4.98 Å². The predicted molar refractivity (Wildman–Crippen MR) is 209 cm³/mol. The lowest BCUT2D eigenvalue weighted by Gasteiger charge is -2.11. The standard InChI is InChI=1S/C44H26N8/c1-6-16-36-29(11-1)30-12-2-7-17-37(30)49(36)27-21-23-40-33(25-27)34-26-28(50-38-18-8-3-13-31(38)32-14-4-9-19-39(32)50)22-24-41(34)51(40)43-44-46-47-48-52(44)42-20-10-5-15-35(42)45-43/h1-26H. The zero-order valence-corrected chi connectivity index (χ0v) is 27.6. The zero-order chi connectivity index (χ0) is 33.9. The molecular formula is C44H26N8. The van der Waals surface area contributed by atoms with Crippen LogP contribution in [0.15, 0.2) is 158 Å². The molecule has 5 aromatic heterocycles. The van der Waals surface area contributed by atoms with E-state index in [9.17, 15) is 0 Å². The van der Waals surface area contributed by atoms with Gasteiger partial charge in [0.15, 0.2) is 5.82 Å². The number of tetrazole rings is 1. The number of benzene rings is 7. The van der Waals surface area contributed by atoms with Gasteiger partial charge < -0.3 is 9.13 Å². The molecule has 0 unspecified atom stereocenters. The van der Waals surface area contributed by atoms with Gasteiger partial charge in [0.05, 0.1) is 44.1 Å². The van der Waals surface area contributed by atoms with Crippen molar-refractivity contribution in [1.82, 2.24) is 38.7 Å². The lowest BCUT2D eigenvalue weighted by molar-refractivity contribution is 0.840. The van der Waals surface area contributed by atoms with E-state index in [2.05, 4.69) is 163 Å². The maximum atomic E-state index is 5.22. The Kier molecular flexibility index (Phi) is 5.35. The molecule has 8 nitrogen and oxygen atoms in total. The summed E-state index contributed by atoms with van der Waals surface area (Å²) in [7, 11) is 0. The molecule has 0 aliphatic rings. The molecule has 8 heteroatoms. The second-order valence-corrected chi connectivity index (χ2v) is 13.3. The molecule has 242 valence electrons. The average Bonchev–Trinajstić information content (AvgIpc) is 3.98. The topological polar surface area (TPSA) is 70.8 Å². The third-order valence-electron chi connectivity index (χ3n) is 10.6. The number of aromatic nitrogens is 8. The van der Waals surface area contributed by atoms with Crippen LogP contribution in [0.3, 0.4) is 0 Å². The SMILES string of the molecule is c1ccc2c(c1)nc(-n1c3ccc(-n4c5ccccc5c5ccccc54)cc3c3cc(-n4c5ccccc5c5ccccc54)ccc31)c1nnnn12. The summed E-state index contributed by atoms with van der Waals surface area (Å²) in [4.78, 5) is 5.22. The van der Waals surface area contributed by atoms with Crippen molar-refractivity contribution >= 4 is 82.1 Å². The summed E-state index contributed by atoms with van der Waals surface area (Å²) in [5.41, 5.74) is 11.2. The van der Waals surface area contributed by atoms with E-state index in [1.807, 2.05) is 24.3 Å². The molecule has 0 saturated carbocycles. The lowest BCUT2D eigenvalue weighted by atomic mass is 10.1. The van der Waals surface area contributed by atoms with Gasteiger partial charge in [-0.1, -0.05) is 84.9 Å². The fourth-order valence-electron chi connectivity index (χ4n) is 8.45. The van der Waals surface area contributed by atoms with E-state index < -0.39 is 0 Å². The molecule has 0 amide bonds. The van der Waals surface area contributed by atoms with E-state index in [1.54, 1.807) is 4.52 Å². The van der Waals surface area contributed by atoms with Crippen LogP contribution in [0, 0.1) is 0 Å². The minimum absolute atomic E-state index is 0.593. The quantitative estimate of drug-likeness (QED) is 0.188. The molecule has 7 aromatic carbocycles. The molecule has 0 radical (unpaired) electrons. The number of hydrogen-bond acceptors (Lipinski definition) is 4. The summed E-state index contributed by atoms with van der Waals surface area (Å²) in [6.07, 6.45) is 0. The fourth-order valence-corrected chi connectivity index (χ4v) is 8.45. The Balaban J connectivity index is 1.21. The molecule has 12 rings (SSSR count). The normalized spacial score (nSPS) is 12.2. The van der Waals surface area contributed by atoms with Crippen LogP contribution >= 0.6 is 0 Å². The van der Waals surface area contributed by atoms with Gasteiger partial charge in [0.1, 0.15) is 0 Å². The summed E-state index contributed by atoms with van der Waals surface area (Å²) in [5.74, 6) is 0.679. The van der Waals surface area contributed by atoms with Gasteiger partial charge in [-0.25, -0.2) is 4.98 Å². The third-order valence-corrected chi connectivity index (χ3v) is 10.6. The molecule has 0 bridgehead atoms. The van der Waals surface area contributed by atoms with Crippen molar-refractivity contribution in [2.75, 3.05) is 0 Å². The van der Waals surface area contributed by atoms with E-state index in [1.165, 1.54) is 43.6 Å². The van der Waals surface area contributed by atoms with Gasteiger partial charge >= 0.3 is 0 Å². The molecule has 0 saturated heterocycles. The van der Waals surface area contributed by atoms with E-state index in [-0.39, 0.29) is 0 Å². The molecule has 5 heterocycles. The molecule has 0 aliphatic carbocycles. The van der Waals surface area contributed by atoms with Gasteiger partial charge in [0.25, 0.3) is 0 Å². The fraction of sp³-hybridized carbons (Fsp3) is 0. The Hall–Kier alpha value is -7.32. The number of nitrogens with zero attached hydrogens (tertiary/aromatic N) is 8. The number of fused-ring (bicyclic) bond motifs is 12. The monoisotopic (exact) mass is 666 g/mol. The van der Waals surface area contributed by atoms with Crippen molar-refractivity contribution < 1.29 is 0 Å². The highest BCUT2D eigenvalue weighted by Crippen LogP contribution is 2.39. The van der Waals surface area contributed by atoms with Crippen molar-refractivity contribution in [3.8, 4) is 17.2 Å².